The molecule has 0 aliphatic heterocycles. The summed E-state index contributed by atoms with van der Waals surface area (Å²) in [7, 11) is 1.38. The molecule has 0 aliphatic carbocycles. The standard InChI is InChI=1S/C11H15NO3/c1-8-5-4-6-10(9(8)2)15-7-11(13)12-14-3/h4-6H,7H2,1-3H3,(H,12,13). The fraction of sp³-hybridized carbons (Fsp3) is 0.364. The van der Waals surface area contributed by atoms with Crippen LogP contribution in [0.15, 0.2) is 18.2 Å². The highest BCUT2D eigenvalue weighted by Crippen LogP contribution is 2.20. The lowest BCUT2D eigenvalue weighted by atomic mass is 10.1. The van der Waals surface area contributed by atoms with Gasteiger partial charge in [-0.15, -0.1) is 0 Å². The van der Waals surface area contributed by atoms with Gasteiger partial charge in [-0.25, -0.2) is 5.48 Å². The van der Waals surface area contributed by atoms with Crippen molar-refractivity contribution in [2.45, 2.75) is 13.8 Å². The van der Waals surface area contributed by atoms with E-state index in [-0.39, 0.29) is 12.5 Å². The average molecular weight is 209 g/mol. The third kappa shape index (κ3) is 3.25. The first-order valence-electron chi connectivity index (χ1n) is 4.66. The van der Waals surface area contributed by atoms with E-state index >= 15 is 0 Å². The van der Waals surface area contributed by atoms with Crippen molar-refractivity contribution in [2.75, 3.05) is 13.7 Å². The molecule has 4 nitrogen and oxygen atoms in total. The number of hydrogen-bond acceptors (Lipinski definition) is 3. The maximum absolute atomic E-state index is 11.1. The smallest absolute Gasteiger partial charge is 0.281 e. The number of hydroxylamine groups is 1. The molecule has 0 heterocycles. The van der Waals surface area contributed by atoms with E-state index in [0.717, 1.165) is 16.9 Å². The molecule has 1 amide bonds. The lowest BCUT2D eigenvalue weighted by molar-refractivity contribution is -0.133. The van der Waals surface area contributed by atoms with Gasteiger partial charge in [0.1, 0.15) is 5.75 Å². The van der Waals surface area contributed by atoms with Crippen LogP contribution in [-0.4, -0.2) is 19.6 Å². The van der Waals surface area contributed by atoms with Gasteiger partial charge in [0.15, 0.2) is 6.61 Å². The van der Waals surface area contributed by atoms with Crippen LogP contribution in [0, 0.1) is 13.8 Å². The quantitative estimate of drug-likeness (QED) is 0.762. The van der Waals surface area contributed by atoms with Gasteiger partial charge in [-0.05, 0) is 31.0 Å². The minimum absolute atomic E-state index is 0.0435. The molecule has 1 aromatic carbocycles. The molecule has 0 aromatic heterocycles. The third-order valence-electron chi connectivity index (χ3n) is 2.13. The number of carbonyl (C=O) groups is 1. The fourth-order valence-electron chi connectivity index (χ4n) is 1.17. The second-order valence-corrected chi connectivity index (χ2v) is 3.22. The molecule has 0 aliphatic rings. The van der Waals surface area contributed by atoms with Crippen LogP contribution < -0.4 is 10.2 Å². The van der Waals surface area contributed by atoms with E-state index in [1.807, 2.05) is 32.0 Å². The Morgan fingerprint density at radius 1 is 1.40 bits per heavy atom. The van der Waals surface area contributed by atoms with E-state index in [1.165, 1.54) is 7.11 Å². The van der Waals surface area contributed by atoms with Crippen LogP contribution in [0.25, 0.3) is 0 Å². The van der Waals surface area contributed by atoms with Crippen LogP contribution in [0.2, 0.25) is 0 Å². The van der Waals surface area contributed by atoms with Gasteiger partial charge >= 0.3 is 0 Å². The Labute approximate surface area is 89.1 Å². The molecular formula is C11H15NO3. The van der Waals surface area contributed by atoms with Gasteiger partial charge < -0.3 is 4.74 Å². The molecule has 0 radical (unpaired) electrons. The zero-order valence-corrected chi connectivity index (χ0v) is 9.16. The van der Waals surface area contributed by atoms with Crippen molar-refractivity contribution in [1.29, 1.82) is 0 Å². The zero-order valence-electron chi connectivity index (χ0n) is 9.16. The van der Waals surface area contributed by atoms with E-state index in [9.17, 15) is 4.79 Å². The van der Waals surface area contributed by atoms with Crippen molar-refractivity contribution >= 4 is 5.91 Å². The molecule has 82 valence electrons. The number of carbonyl (C=O) groups excluding carboxylic acids is 1. The predicted octanol–water partition coefficient (Wildman–Crippen LogP) is 1.36. The van der Waals surface area contributed by atoms with Crippen molar-refractivity contribution < 1.29 is 14.4 Å². The van der Waals surface area contributed by atoms with Crippen LogP contribution in [0.4, 0.5) is 0 Å². The number of ether oxygens (including phenoxy) is 1. The minimum atomic E-state index is -0.307. The first-order chi connectivity index (χ1) is 7.15. The Balaban J connectivity index is 2.58. The Bertz CT molecular complexity index is 350. The van der Waals surface area contributed by atoms with Crippen LogP contribution in [0.5, 0.6) is 5.75 Å². The van der Waals surface area contributed by atoms with Crippen molar-refractivity contribution in [2.24, 2.45) is 0 Å². The SMILES string of the molecule is CONC(=O)COc1cccc(C)c1C. The first kappa shape index (κ1) is 11.5. The van der Waals surface area contributed by atoms with Gasteiger partial charge in [0, 0.05) is 0 Å². The lowest BCUT2D eigenvalue weighted by Crippen LogP contribution is -2.27. The molecule has 0 fully saturated rings. The van der Waals surface area contributed by atoms with E-state index in [2.05, 4.69) is 10.3 Å². The van der Waals surface area contributed by atoms with Crippen LogP contribution in [0.3, 0.4) is 0 Å². The van der Waals surface area contributed by atoms with Crippen LogP contribution in [0.1, 0.15) is 11.1 Å². The van der Waals surface area contributed by atoms with E-state index in [0.29, 0.717) is 0 Å². The fourth-order valence-corrected chi connectivity index (χ4v) is 1.17. The summed E-state index contributed by atoms with van der Waals surface area (Å²) in [5.41, 5.74) is 4.37. The predicted molar refractivity (Wildman–Crippen MR) is 56.6 cm³/mol. The normalized spacial score (nSPS) is 9.80. The Morgan fingerprint density at radius 3 is 2.80 bits per heavy atom. The van der Waals surface area contributed by atoms with Gasteiger partial charge in [0.2, 0.25) is 0 Å². The van der Waals surface area contributed by atoms with Crippen LogP contribution in [-0.2, 0) is 9.63 Å². The molecule has 0 saturated heterocycles. The summed E-state index contributed by atoms with van der Waals surface area (Å²) in [5, 5.41) is 0. The summed E-state index contributed by atoms with van der Waals surface area (Å²) in [6, 6.07) is 5.73. The van der Waals surface area contributed by atoms with Crippen LogP contribution >= 0.6 is 0 Å². The molecule has 1 N–H and O–H groups in total. The summed E-state index contributed by atoms with van der Waals surface area (Å²) < 4.78 is 5.34. The lowest BCUT2D eigenvalue weighted by Gasteiger charge is -2.10. The highest BCUT2D eigenvalue weighted by molar-refractivity contribution is 5.76. The Kier molecular flexibility index (Phi) is 4.12. The molecular weight excluding hydrogens is 194 g/mol. The van der Waals surface area contributed by atoms with Gasteiger partial charge in [0.25, 0.3) is 5.91 Å². The molecule has 1 rings (SSSR count). The Morgan fingerprint density at radius 2 is 2.13 bits per heavy atom. The highest BCUT2D eigenvalue weighted by atomic mass is 16.6. The molecule has 0 bridgehead atoms. The van der Waals surface area contributed by atoms with Crippen molar-refractivity contribution in [1.82, 2.24) is 5.48 Å². The van der Waals surface area contributed by atoms with Gasteiger partial charge in [0.05, 0.1) is 7.11 Å². The van der Waals surface area contributed by atoms with Gasteiger partial charge in [-0.2, -0.15) is 0 Å². The second-order valence-electron chi connectivity index (χ2n) is 3.22. The Hall–Kier alpha value is -1.55. The molecule has 0 unspecified atom stereocenters. The monoisotopic (exact) mass is 209 g/mol. The van der Waals surface area contributed by atoms with Crippen molar-refractivity contribution in [3.63, 3.8) is 0 Å². The summed E-state index contributed by atoms with van der Waals surface area (Å²) in [6.45, 7) is 3.91. The number of rotatable bonds is 4. The second kappa shape index (κ2) is 5.36. The maximum Gasteiger partial charge on any atom is 0.281 e. The average Bonchev–Trinajstić information content (AvgIpc) is 2.21. The number of amides is 1. The zero-order chi connectivity index (χ0) is 11.3. The minimum Gasteiger partial charge on any atom is -0.483 e. The highest BCUT2D eigenvalue weighted by Gasteiger charge is 2.04. The number of benzene rings is 1. The van der Waals surface area contributed by atoms with Crippen molar-refractivity contribution in [3.05, 3.63) is 29.3 Å². The summed E-state index contributed by atoms with van der Waals surface area (Å²) in [6.07, 6.45) is 0. The largest absolute Gasteiger partial charge is 0.483 e. The molecule has 4 heteroatoms. The van der Waals surface area contributed by atoms with E-state index < -0.39 is 0 Å². The maximum atomic E-state index is 11.1. The summed E-state index contributed by atoms with van der Waals surface area (Å²) in [5.74, 6) is 0.416. The number of hydrogen-bond donors (Lipinski definition) is 1. The summed E-state index contributed by atoms with van der Waals surface area (Å²) >= 11 is 0. The first-order valence-corrected chi connectivity index (χ1v) is 4.66. The van der Waals surface area contributed by atoms with Crippen molar-refractivity contribution in [3.8, 4) is 5.75 Å². The molecule has 15 heavy (non-hydrogen) atoms. The van der Waals surface area contributed by atoms with E-state index in [1.54, 1.807) is 0 Å². The molecule has 0 atom stereocenters. The summed E-state index contributed by atoms with van der Waals surface area (Å²) in [4.78, 5) is 15.5. The van der Waals surface area contributed by atoms with Gasteiger partial charge in [-0.3, -0.25) is 9.63 Å². The number of nitrogens with one attached hydrogen (secondary N) is 1. The molecule has 0 spiro atoms. The topological polar surface area (TPSA) is 47.6 Å². The number of aryl methyl sites for hydroxylation is 1. The molecule has 0 saturated carbocycles. The molecule has 1 aromatic rings. The third-order valence-corrected chi connectivity index (χ3v) is 2.13. The van der Waals surface area contributed by atoms with E-state index in [4.69, 9.17) is 4.74 Å². The van der Waals surface area contributed by atoms with Gasteiger partial charge in [-0.1, -0.05) is 12.1 Å².